The first kappa shape index (κ1) is 11.1. The number of rotatable bonds is 3. The molecule has 0 aromatic carbocycles. The highest BCUT2D eigenvalue weighted by Crippen LogP contribution is 2.19. The van der Waals surface area contributed by atoms with E-state index in [9.17, 15) is 4.79 Å². The molecule has 0 aliphatic heterocycles. The molecule has 0 unspecified atom stereocenters. The first-order valence-electron chi connectivity index (χ1n) is 4.95. The van der Waals surface area contributed by atoms with Crippen molar-refractivity contribution >= 4 is 5.97 Å². The Kier molecular flexibility index (Phi) is 3.00. The van der Waals surface area contributed by atoms with Crippen LogP contribution in [0.25, 0.3) is 0 Å². The van der Waals surface area contributed by atoms with Crippen LogP contribution in [-0.2, 0) is 0 Å². The molecule has 0 saturated carbocycles. The van der Waals surface area contributed by atoms with E-state index in [-0.39, 0.29) is 11.4 Å². The molecule has 5 nitrogen and oxygen atoms in total. The Morgan fingerprint density at radius 3 is 2.76 bits per heavy atom. The SMILES string of the molecule is Cc1ccc(Oc2cc(C(=O)O)ccn2)cn1. The Morgan fingerprint density at radius 1 is 1.29 bits per heavy atom. The molecule has 0 aliphatic carbocycles. The predicted molar refractivity (Wildman–Crippen MR) is 60.2 cm³/mol. The predicted octanol–water partition coefficient (Wildman–Crippen LogP) is 2.28. The number of ether oxygens (including phenoxy) is 1. The van der Waals surface area contributed by atoms with E-state index in [1.165, 1.54) is 18.3 Å². The largest absolute Gasteiger partial charge is 0.478 e. The Hall–Kier alpha value is -2.43. The van der Waals surface area contributed by atoms with Crippen LogP contribution in [-0.4, -0.2) is 21.0 Å². The van der Waals surface area contributed by atoms with Gasteiger partial charge in [-0.1, -0.05) is 0 Å². The average Bonchev–Trinajstić information content (AvgIpc) is 2.32. The van der Waals surface area contributed by atoms with Crippen molar-refractivity contribution < 1.29 is 14.6 Å². The van der Waals surface area contributed by atoms with E-state index in [0.29, 0.717) is 5.75 Å². The van der Waals surface area contributed by atoms with E-state index < -0.39 is 5.97 Å². The van der Waals surface area contributed by atoms with Crippen LogP contribution in [0.4, 0.5) is 0 Å². The van der Waals surface area contributed by atoms with Gasteiger partial charge in [0.1, 0.15) is 5.75 Å². The topological polar surface area (TPSA) is 72.3 Å². The normalized spacial score (nSPS) is 9.94. The van der Waals surface area contributed by atoms with Crippen LogP contribution in [0.1, 0.15) is 16.1 Å². The molecule has 0 fully saturated rings. The second-order valence-corrected chi connectivity index (χ2v) is 3.43. The van der Waals surface area contributed by atoms with E-state index in [4.69, 9.17) is 9.84 Å². The molecule has 17 heavy (non-hydrogen) atoms. The highest BCUT2D eigenvalue weighted by atomic mass is 16.5. The zero-order chi connectivity index (χ0) is 12.3. The quantitative estimate of drug-likeness (QED) is 0.875. The Morgan fingerprint density at radius 2 is 2.12 bits per heavy atom. The van der Waals surface area contributed by atoms with Crippen LogP contribution in [0, 0.1) is 6.92 Å². The monoisotopic (exact) mass is 230 g/mol. The van der Waals surface area contributed by atoms with Gasteiger partial charge in [-0.25, -0.2) is 9.78 Å². The second-order valence-electron chi connectivity index (χ2n) is 3.43. The molecule has 1 N–H and O–H groups in total. The highest BCUT2D eigenvalue weighted by molar-refractivity contribution is 5.87. The van der Waals surface area contributed by atoms with Gasteiger partial charge in [-0.15, -0.1) is 0 Å². The van der Waals surface area contributed by atoms with Crippen molar-refractivity contribution in [1.29, 1.82) is 0 Å². The number of hydrogen-bond donors (Lipinski definition) is 1. The standard InChI is InChI=1S/C12H10N2O3/c1-8-2-3-10(7-14-8)17-11-6-9(12(15)16)4-5-13-11/h2-7H,1H3,(H,15,16). The van der Waals surface area contributed by atoms with Crippen molar-refractivity contribution in [3.63, 3.8) is 0 Å². The zero-order valence-corrected chi connectivity index (χ0v) is 9.12. The lowest BCUT2D eigenvalue weighted by atomic mass is 10.3. The summed E-state index contributed by atoms with van der Waals surface area (Å²) in [5.74, 6) is -0.263. The summed E-state index contributed by atoms with van der Waals surface area (Å²) in [7, 11) is 0. The molecule has 2 aromatic heterocycles. The van der Waals surface area contributed by atoms with Gasteiger partial charge in [0.2, 0.25) is 5.88 Å². The van der Waals surface area contributed by atoms with Crippen molar-refractivity contribution in [2.24, 2.45) is 0 Å². The average molecular weight is 230 g/mol. The molecule has 0 radical (unpaired) electrons. The third-order valence-corrected chi connectivity index (χ3v) is 2.09. The molecular formula is C12H10N2O3. The zero-order valence-electron chi connectivity index (χ0n) is 9.12. The molecule has 0 atom stereocenters. The molecule has 2 heterocycles. The third kappa shape index (κ3) is 2.78. The Bertz CT molecular complexity index is 538. The molecule has 0 amide bonds. The van der Waals surface area contributed by atoms with E-state index in [2.05, 4.69) is 9.97 Å². The number of pyridine rings is 2. The summed E-state index contributed by atoms with van der Waals surface area (Å²) < 4.78 is 5.39. The lowest BCUT2D eigenvalue weighted by molar-refractivity contribution is 0.0696. The molecule has 2 rings (SSSR count). The summed E-state index contributed by atoms with van der Waals surface area (Å²) in [6, 6.07) is 6.32. The number of aryl methyl sites for hydroxylation is 1. The van der Waals surface area contributed by atoms with Crippen LogP contribution in [0.5, 0.6) is 11.6 Å². The summed E-state index contributed by atoms with van der Waals surface area (Å²) >= 11 is 0. The highest BCUT2D eigenvalue weighted by Gasteiger charge is 2.05. The minimum absolute atomic E-state index is 0.134. The van der Waals surface area contributed by atoms with Crippen LogP contribution in [0.15, 0.2) is 36.7 Å². The molecule has 2 aromatic rings. The number of carboxylic acid groups (broad SMARTS) is 1. The minimum atomic E-state index is -1.01. The van der Waals surface area contributed by atoms with E-state index in [1.807, 2.05) is 6.92 Å². The van der Waals surface area contributed by atoms with Gasteiger partial charge < -0.3 is 9.84 Å². The Balaban J connectivity index is 2.21. The van der Waals surface area contributed by atoms with Gasteiger partial charge in [-0.2, -0.15) is 0 Å². The van der Waals surface area contributed by atoms with Crippen LogP contribution in [0.2, 0.25) is 0 Å². The van der Waals surface area contributed by atoms with E-state index in [0.717, 1.165) is 5.69 Å². The number of carbonyl (C=O) groups is 1. The lowest BCUT2D eigenvalue weighted by Crippen LogP contribution is -1.97. The third-order valence-electron chi connectivity index (χ3n) is 2.09. The smallest absolute Gasteiger partial charge is 0.335 e. The van der Waals surface area contributed by atoms with Gasteiger partial charge in [-0.05, 0) is 25.1 Å². The van der Waals surface area contributed by atoms with Crippen molar-refractivity contribution in [2.75, 3.05) is 0 Å². The summed E-state index contributed by atoms with van der Waals surface area (Å²) in [6.07, 6.45) is 2.95. The molecule has 0 aliphatic rings. The molecule has 86 valence electrons. The van der Waals surface area contributed by atoms with Gasteiger partial charge in [-0.3, -0.25) is 4.98 Å². The van der Waals surface area contributed by atoms with Gasteiger partial charge in [0.15, 0.2) is 0 Å². The van der Waals surface area contributed by atoms with Crippen molar-refractivity contribution in [1.82, 2.24) is 9.97 Å². The molecule has 0 saturated heterocycles. The fourth-order valence-electron chi connectivity index (χ4n) is 1.23. The lowest BCUT2D eigenvalue weighted by Gasteiger charge is -2.04. The van der Waals surface area contributed by atoms with Crippen molar-refractivity contribution in [3.05, 3.63) is 47.9 Å². The fraction of sp³-hybridized carbons (Fsp3) is 0.0833. The molecule has 0 spiro atoms. The first-order valence-corrected chi connectivity index (χ1v) is 4.95. The maximum absolute atomic E-state index is 10.8. The van der Waals surface area contributed by atoms with Gasteiger partial charge in [0.25, 0.3) is 0 Å². The molecule has 5 heteroatoms. The van der Waals surface area contributed by atoms with Crippen LogP contribution < -0.4 is 4.74 Å². The first-order chi connectivity index (χ1) is 8.15. The van der Waals surface area contributed by atoms with Crippen molar-refractivity contribution in [2.45, 2.75) is 6.92 Å². The summed E-state index contributed by atoms with van der Waals surface area (Å²) in [4.78, 5) is 18.7. The Labute approximate surface area is 97.7 Å². The minimum Gasteiger partial charge on any atom is -0.478 e. The second kappa shape index (κ2) is 4.61. The molecule has 0 bridgehead atoms. The fourth-order valence-corrected chi connectivity index (χ4v) is 1.23. The van der Waals surface area contributed by atoms with Gasteiger partial charge in [0, 0.05) is 18.0 Å². The summed E-state index contributed by atoms with van der Waals surface area (Å²) in [5.41, 5.74) is 1.01. The summed E-state index contributed by atoms with van der Waals surface area (Å²) in [6.45, 7) is 1.87. The number of aromatic nitrogens is 2. The molecular weight excluding hydrogens is 220 g/mol. The van der Waals surface area contributed by atoms with E-state index >= 15 is 0 Å². The number of hydrogen-bond acceptors (Lipinski definition) is 4. The summed E-state index contributed by atoms with van der Waals surface area (Å²) in [5, 5.41) is 8.82. The van der Waals surface area contributed by atoms with Gasteiger partial charge in [0.05, 0.1) is 11.8 Å². The van der Waals surface area contributed by atoms with Crippen LogP contribution >= 0.6 is 0 Å². The maximum Gasteiger partial charge on any atom is 0.335 e. The van der Waals surface area contributed by atoms with Crippen molar-refractivity contribution in [3.8, 4) is 11.6 Å². The van der Waals surface area contributed by atoms with Crippen LogP contribution in [0.3, 0.4) is 0 Å². The van der Waals surface area contributed by atoms with E-state index in [1.54, 1.807) is 18.3 Å². The number of carboxylic acids is 1. The number of nitrogens with zero attached hydrogens (tertiary/aromatic N) is 2. The number of aromatic carboxylic acids is 1. The maximum atomic E-state index is 10.8. The van der Waals surface area contributed by atoms with Gasteiger partial charge >= 0.3 is 5.97 Å².